The average Bonchev–Trinajstić information content (AvgIpc) is 2.79. The maximum absolute atomic E-state index is 13.2. The number of sulfonamides is 1. The number of carbonyl (C=O) groups is 1. The van der Waals surface area contributed by atoms with Crippen LogP contribution in [0.2, 0.25) is 0 Å². The molecule has 0 aliphatic heterocycles. The molecule has 0 heterocycles. The lowest BCUT2D eigenvalue weighted by atomic mass is 9.98. The molecule has 0 aromatic heterocycles. The van der Waals surface area contributed by atoms with Crippen molar-refractivity contribution >= 4 is 27.5 Å². The van der Waals surface area contributed by atoms with E-state index in [1.54, 1.807) is 73.7 Å². The average molecular weight is 481 g/mol. The van der Waals surface area contributed by atoms with Gasteiger partial charge in [-0.1, -0.05) is 55.8 Å². The second-order valence-corrected chi connectivity index (χ2v) is 9.63. The summed E-state index contributed by atoms with van der Waals surface area (Å²) in [6.45, 7) is 3.67. The lowest BCUT2D eigenvalue weighted by Crippen LogP contribution is -2.45. The van der Waals surface area contributed by atoms with Crippen LogP contribution in [-0.4, -0.2) is 25.8 Å². The number of primary sulfonamides is 1. The summed E-state index contributed by atoms with van der Waals surface area (Å²) < 4.78 is 29.9. The fourth-order valence-corrected chi connectivity index (χ4v) is 4.39. The number of hydrogen-bond acceptors (Lipinski definition) is 5. The van der Waals surface area contributed by atoms with Crippen molar-refractivity contribution in [3.8, 4) is 16.9 Å². The zero-order valence-electron chi connectivity index (χ0n) is 19.0. The van der Waals surface area contributed by atoms with Crippen molar-refractivity contribution < 1.29 is 17.9 Å². The molecule has 1 atom stereocenters. The number of nitrogens with two attached hydrogens (primary N) is 2. The Bertz CT molecular complexity index is 1310. The van der Waals surface area contributed by atoms with Gasteiger partial charge in [0.2, 0.25) is 10.0 Å². The molecule has 0 bridgehead atoms. The van der Waals surface area contributed by atoms with Crippen LogP contribution in [0.5, 0.6) is 5.75 Å². The second-order valence-electron chi connectivity index (χ2n) is 8.10. The fraction of sp³-hybridized carbons (Fsp3) is 0.200. The number of anilines is 1. The van der Waals surface area contributed by atoms with Crippen molar-refractivity contribution in [2.24, 2.45) is 10.9 Å². The van der Waals surface area contributed by atoms with Crippen molar-refractivity contribution in [2.45, 2.75) is 37.2 Å². The zero-order chi connectivity index (χ0) is 24.9. The second kappa shape index (κ2) is 10.1. The highest BCUT2D eigenvalue weighted by Gasteiger charge is 2.35. The van der Waals surface area contributed by atoms with Gasteiger partial charge in [-0.25, -0.2) is 13.6 Å². The molecular formula is C25H28N4O4S. The summed E-state index contributed by atoms with van der Waals surface area (Å²) in [5.41, 5.74) is 6.57. The number of rotatable bonds is 9. The van der Waals surface area contributed by atoms with E-state index in [9.17, 15) is 13.2 Å². The maximum Gasteiger partial charge on any atom is 0.268 e. The van der Waals surface area contributed by atoms with Crippen LogP contribution in [0.25, 0.3) is 11.1 Å². The molecule has 8 nitrogen and oxygen atoms in total. The van der Waals surface area contributed by atoms with Crippen molar-refractivity contribution in [1.29, 1.82) is 5.41 Å². The predicted molar refractivity (Wildman–Crippen MR) is 133 cm³/mol. The number of carbonyl (C=O) groups excluding carboxylic acids is 1. The topological polar surface area (TPSA) is 148 Å². The molecular weight excluding hydrogens is 452 g/mol. The lowest BCUT2D eigenvalue weighted by molar-refractivity contribution is -0.130. The Balaban J connectivity index is 1.82. The van der Waals surface area contributed by atoms with Gasteiger partial charge in [0.1, 0.15) is 11.6 Å². The highest BCUT2D eigenvalue weighted by molar-refractivity contribution is 7.89. The van der Waals surface area contributed by atoms with Crippen LogP contribution in [0, 0.1) is 5.41 Å². The standard InChI is InChI=1S/C25H28N4O4S/c1-3-15-25(2,33-20-8-6-7-18(16-20)23(26)27)24(30)29-19-13-11-17(12-14-19)21-9-4-5-10-22(21)34(28,31)32/h4-14,16H,3,15H2,1-2H3,(H3,26,27)(H,29,30)(H2,28,31,32). The van der Waals surface area contributed by atoms with Crippen LogP contribution >= 0.6 is 0 Å². The molecule has 3 aromatic carbocycles. The predicted octanol–water partition coefficient (Wildman–Crippen LogP) is 3.86. The lowest BCUT2D eigenvalue weighted by Gasteiger charge is -2.29. The van der Waals surface area contributed by atoms with E-state index in [-0.39, 0.29) is 16.6 Å². The largest absolute Gasteiger partial charge is 0.478 e. The summed E-state index contributed by atoms with van der Waals surface area (Å²) in [5, 5.41) is 15.8. The van der Waals surface area contributed by atoms with E-state index in [1.807, 2.05) is 6.92 Å². The normalized spacial score (nSPS) is 13.0. The molecule has 0 aliphatic rings. The van der Waals surface area contributed by atoms with Crippen molar-refractivity contribution in [3.05, 3.63) is 78.4 Å². The third kappa shape index (κ3) is 5.81. The van der Waals surface area contributed by atoms with Gasteiger partial charge >= 0.3 is 0 Å². The molecule has 9 heteroatoms. The first-order valence-corrected chi connectivity index (χ1v) is 12.3. The summed E-state index contributed by atoms with van der Waals surface area (Å²) >= 11 is 0. The molecule has 0 aliphatic carbocycles. The molecule has 0 spiro atoms. The molecule has 0 saturated carbocycles. The van der Waals surface area contributed by atoms with Gasteiger partial charge in [0.15, 0.2) is 5.60 Å². The van der Waals surface area contributed by atoms with E-state index in [1.165, 1.54) is 6.07 Å². The highest BCUT2D eigenvalue weighted by Crippen LogP contribution is 2.29. The Kier molecular flexibility index (Phi) is 7.38. The van der Waals surface area contributed by atoms with Gasteiger partial charge in [0.05, 0.1) is 4.90 Å². The summed E-state index contributed by atoms with van der Waals surface area (Å²) in [4.78, 5) is 13.2. The maximum atomic E-state index is 13.2. The van der Waals surface area contributed by atoms with E-state index in [4.69, 9.17) is 21.0 Å². The molecule has 1 amide bonds. The number of benzene rings is 3. The minimum absolute atomic E-state index is 0.0310. The van der Waals surface area contributed by atoms with Crippen molar-refractivity contribution in [1.82, 2.24) is 0 Å². The highest BCUT2D eigenvalue weighted by atomic mass is 32.2. The number of nitrogens with one attached hydrogen (secondary N) is 2. The van der Waals surface area contributed by atoms with Crippen LogP contribution in [-0.2, 0) is 14.8 Å². The summed E-state index contributed by atoms with van der Waals surface area (Å²) in [6.07, 6.45) is 1.17. The quantitative estimate of drug-likeness (QED) is 0.271. The summed E-state index contributed by atoms with van der Waals surface area (Å²) in [7, 11) is -3.88. The molecule has 0 saturated heterocycles. The fourth-order valence-electron chi connectivity index (χ4n) is 3.62. The first kappa shape index (κ1) is 24.9. The summed E-state index contributed by atoms with van der Waals surface area (Å²) in [5.74, 6) is 0.0187. The van der Waals surface area contributed by atoms with Crippen LogP contribution in [0.3, 0.4) is 0 Å². The van der Waals surface area contributed by atoms with Gasteiger partial charge in [-0.05, 0) is 49.2 Å². The molecule has 0 fully saturated rings. The van der Waals surface area contributed by atoms with E-state index in [0.29, 0.717) is 41.0 Å². The van der Waals surface area contributed by atoms with Gasteiger partial charge in [-0.3, -0.25) is 10.2 Å². The van der Waals surface area contributed by atoms with Crippen molar-refractivity contribution in [3.63, 3.8) is 0 Å². The van der Waals surface area contributed by atoms with Crippen LogP contribution in [0.15, 0.2) is 77.7 Å². The molecule has 1 unspecified atom stereocenters. The smallest absolute Gasteiger partial charge is 0.268 e. The molecule has 6 N–H and O–H groups in total. The molecule has 178 valence electrons. The van der Waals surface area contributed by atoms with Gasteiger partial charge in [-0.15, -0.1) is 0 Å². The Morgan fingerprint density at radius 2 is 1.74 bits per heavy atom. The molecule has 0 radical (unpaired) electrons. The first-order valence-electron chi connectivity index (χ1n) is 10.7. The van der Waals surface area contributed by atoms with Gasteiger partial charge < -0.3 is 15.8 Å². The Labute approximate surface area is 199 Å². The van der Waals surface area contributed by atoms with Crippen molar-refractivity contribution in [2.75, 3.05) is 5.32 Å². The number of ether oxygens (including phenoxy) is 1. The number of nitrogen functional groups attached to an aromatic ring is 1. The number of hydrogen-bond donors (Lipinski definition) is 4. The number of amides is 1. The van der Waals surface area contributed by atoms with Gasteiger partial charge in [0.25, 0.3) is 5.91 Å². The van der Waals surface area contributed by atoms with E-state index < -0.39 is 15.6 Å². The van der Waals surface area contributed by atoms with E-state index in [0.717, 1.165) is 0 Å². The van der Waals surface area contributed by atoms with Crippen LogP contribution in [0.4, 0.5) is 5.69 Å². The number of amidine groups is 1. The monoisotopic (exact) mass is 480 g/mol. The molecule has 34 heavy (non-hydrogen) atoms. The SMILES string of the molecule is CCCC(C)(Oc1cccc(C(=N)N)c1)C(=O)Nc1ccc(-c2ccccc2S(N)(=O)=O)cc1. The Morgan fingerprint density at radius 1 is 1.06 bits per heavy atom. The zero-order valence-corrected chi connectivity index (χ0v) is 19.9. The third-order valence-corrected chi connectivity index (χ3v) is 6.31. The summed E-state index contributed by atoms with van der Waals surface area (Å²) in [6, 6.07) is 20.0. The van der Waals surface area contributed by atoms with E-state index in [2.05, 4.69) is 5.32 Å². The van der Waals surface area contributed by atoms with Gasteiger partial charge in [-0.2, -0.15) is 0 Å². The third-order valence-electron chi connectivity index (χ3n) is 5.34. The Morgan fingerprint density at radius 3 is 2.35 bits per heavy atom. The molecule has 3 rings (SSSR count). The van der Waals surface area contributed by atoms with Gasteiger partial charge in [0, 0.05) is 16.8 Å². The minimum Gasteiger partial charge on any atom is -0.478 e. The first-order chi connectivity index (χ1) is 16.0. The minimum atomic E-state index is -3.88. The van der Waals surface area contributed by atoms with E-state index >= 15 is 0 Å². The van der Waals surface area contributed by atoms with Crippen LogP contribution < -0.4 is 20.9 Å². The Hall–Kier alpha value is -3.69. The van der Waals surface area contributed by atoms with Crippen LogP contribution in [0.1, 0.15) is 32.3 Å². The molecule has 3 aromatic rings.